The first kappa shape index (κ1) is 19.9. The molecule has 0 aliphatic heterocycles. The molecule has 152 valence electrons. The minimum Gasteiger partial charge on any atom is -0.330 e. The first-order chi connectivity index (χ1) is 13.8. The van der Waals surface area contributed by atoms with Crippen LogP contribution in [0.25, 0.3) is 11.1 Å². The molecule has 1 heterocycles. The van der Waals surface area contributed by atoms with Crippen LogP contribution in [0.15, 0.2) is 59.8 Å². The maximum absolute atomic E-state index is 12.1. The Morgan fingerprint density at radius 2 is 1.79 bits per heavy atom. The van der Waals surface area contributed by atoms with E-state index in [2.05, 4.69) is 23.4 Å². The average molecular weight is 410 g/mol. The topological polar surface area (TPSA) is 78.0 Å². The number of sulfonamides is 1. The second kappa shape index (κ2) is 7.76. The largest absolute Gasteiger partial charge is 0.330 e. The molecule has 0 unspecified atom stereocenters. The standard InChI is InChI=1S/C23H27N3O2S/c1-16(2)13-18-5-10-22(29(24,27)28)21(14-18)19-6-3-17(4-7-19)15-26-12-11-25-23(26)20-8-9-20/h3-7,10-12,14,16,20H,8-9,13,15H2,1-2H3,(H2,24,27,28). The monoisotopic (exact) mass is 409 g/mol. The van der Waals surface area contributed by atoms with E-state index >= 15 is 0 Å². The number of nitrogens with zero attached hydrogens (tertiary/aromatic N) is 2. The molecule has 1 aliphatic carbocycles. The first-order valence-corrected chi connectivity index (χ1v) is 11.6. The van der Waals surface area contributed by atoms with Crippen molar-refractivity contribution >= 4 is 10.0 Å². The van der Waals surface area contributed by atoms with Gasteiger partial charge in [0.15, 0.2) is 0 Å². The van der Waals surface area contributed by atoms with Crippen LogP contribution < -0.4 is 5.14 Å². The molecule has 0 bridgehead atoms. The predicted octanol–water partition coefficient (Wildman–Crippen LogP) is 4.32. The van der Waals surface area contributed by atoms with Gasteiger partial charge in [0, 0.05) is 30.4 Å². The normalized spacial score (nSPS) is 14.5. The van der Waals surface area contributed by atoms with Gasteiger partial charge >= 0.3 is 0 Å². The number of nitrogens with two attached hydrogens (primary N) is 1. The highest BCUT2D eigenvalue weighted by molar-refractivity contribution is 7.89. The summed E-state index contributed by atoms with van der Waals surface area (Å²) in [6, 6.07) is 13.5. The summed E-state index contributed by atoms with van der Waals surface area (Å²) in [5.41, 5.74) is 3.79. The molecule has 5 nitrogen and oxygen atoms in total. The Hall–Kier alpha value is -2.44. The molecule has 0 amide bonds. The minimum atomic E-state index is -3.80. The fraction of sp³-hybridized carbons (Fsp3) is 0.348. The Labute approximate surface area is 172 Å². The molecule has 1 aromatic heterocycles. The second-order valence-electron chi connectivity index (χ2n) is 8.36. The van der Waals surface area contributed by atoms with Crippen molar-refractivity contribution in [3.05, 3.63) is 71.8 Å². The van der Waals surface area contributed by atoms with Gasteiger partial charge in [0.1, 0.15) is 5.82 Å². The summed E-state index contributed by atoms with van der Waals surface area (Å²) in [4.78, 5) is 4.66. The predicted molar refractivity (Wildman–Crippen MR) is 115 cm³/mol. The van der Waals surface area contributed by atoms with Crippen molar-refractivity contribution < 1.29 is 8.42 Å². The molecule has 2 N–H and O–H groups in total. The third-order valence-corrected chi connectivity index (χ3v) is 6.27. The zero-order valence-corrected chi connectivity index (χ0v) is 17.7. The summed E-state index contributed by atoms with van der Waals surface area (Å²) >= 11 is 0. The van der Waals surface area contributed by atoms with Crippen LogP contribution in [0.2, 0.25) is 0 Å². The van der Waals surface area contributed by atoms with E-state index in [4.69, 9.17) is 5.14 Å². The SMILES string of the molecule is CC(C)Cc1ccc(S(N)(=O)=O)c(-c2ccc(Cn3ccnc3C3CC3)cc2)c1. The highest BCUT2D eigenvalue weighted by Crippen LogP contribution is 2.39. The van der Waals surface area contributed by atoms with Gasteiger partial charge in [-0.1, -0.05) is 44.2 Å². The van der Waals surface area contributed by atoms with Gasteiger partial charge in [0.25, 0.3) is 0 Å². The summed E-state index contributed by atoms with van der Waals surface area (Å²) in [6.45, 7) is 5.06. The third kappa shape index (κ3) is 4.60. The van der Waals surface area contributed by atoms with Crippen LogP contribution in [0, 0.1) is 5.92 Å². The number of primary sulfonamides is 1. The molecule has 0 spiro atoms. The lowest BCUT2D eigenvalue weighted by Crippen LogP contribution is -2.13. The van der Waals surface area contributed by atoms with Crippen LogP contribution >= 0.6 is 0 Å². The molecule has 6 heteroatoms. The van der Waals surface area contributed by atoms with E-state index in [0.717, 1.165) is 35.5 Å². The fourth-order valence-corrected chi connectivity index (χ4v) is 4.53. The van der Waals surface area contributed by atoms with Crippen LogP contribution in [-0.2, 0) is 23.0 Å². The number of imidazole rings is 1. The van der Waals surface area contributed by atoms with E-state index in [1.807, 2.05) is 48.8 Å². The highest BCUT2D eigenvalue weighted by atomic mass is 32.2. The fourth-order valence-electron chi connectivity index (χ4n) is 3.79. The van der Waals surface area contributed by atoms with Crippen molar-refractivity contribution in [2.45, 2.75) is 50.5 Å². The third-order valence-electron chi connectivity index (χ3n) is 5.30. The highest BCUT2D eigenvalue weighted by Gasteiger charge is 2.27. The van der Waals surface area contributed by atoms with Crippen molar-refractivity contribution in [3.8, 4) is 11.1 Å². The Morgan fingerprint density at radius 3 is 2.41 bits per heavy atom. The van der Waals surface area contributed by atoms with E-state index in [1.165, 1.54) is 12.8 Å². The van der Waals surface area contributed by atoms with Crippen molar-refractivity contribution in [3.63, 3.8) is 0 Å². The summed E-state index contributed by atoms with van der Waals surface area (Å²) in [7, 11) is -3.80. The maximum atomic E-state index is 12.1. The Balaban J connectivity index is 1.64. The summed E-state index contributed by atoms with van der Waals surface area (Å²) in [6.07, 6.45) is 7.22. The zero-order valence-electron chi connectivity index (χ0n) is 16.9. The molecule has 3 aromatic rings. The molecular formula is C23H27N3O2S. The number of hydrogen-bond donors (Lipinski definition) is 1. The van der Waals surface area contributed by atoms with Crippen LogP contribution in [0.3, 0.4) is 0 Å². The molecule has 1 aliphatic rings. The Bertz CT molecular complexity index is 1110. The van der Waals surface area contributed by atoms with E-state index in [1.54, 1.807) is 6.07 Å². The second-order valence-corrected chi connectivity index (χ2v) is 9.89. The van der Waals surface area contributed by atoms with Crippen LogP contribution in [0.1, 0.15) is 49.6 Å². The molecule has 4 rings (SSSR count). The van der Waals surface area contributed by atoms with E-state index in [-0.39, 0.29) is 4.90 Å². The average Bonchev–Trinajstić information content (AvgIpc) is 3.40. The van der Waals surface area contributed by atoms with Gasteiger partial charge in [-0.25, -0.2) is 18.5 Å². The molecule has 1 fully saturated rings. The smallest absolute Gasteiger partial charge is 0.238 e. The minimum absolute atomic E-state index is 0.170. The lowest BCUT2D eigenvalue weighted by atomic mass is 9.97. The van der Waals surface area contributed by atoms with Gasteiger partial charge in [-0.3, -0.25) is 0 Å². The first-order valence-electron chi connectivity index (χ1n) is 10.1. The van der Waals surface area contributed by atoms with Crippen LogP contribution in [0.5, 0.6) is 0 Å². The Kier molecular flexibility index (Phi) is 5.32. The van der Waals surface area contributed by atoms with Gasteiger partial charge in [0.05, 0.1) is 4.90 Å². The molecule has 2 aromatic carbocycles. The maximum Gasteiger partial charge on any atom is 0.238 e. The number of aromatic nitrogens is 2. The Morgan fingerprint density at radius 1 is 1.10 bits per heavy atom. The van der Waals surface area contributed by atoms with Gasteiger partial charge < -0.3 is 4.57 Å². The van der Waals surface area contributed by atoms with Gasteiger partial charge in [-0.05, 0) is 54.0 Å². The van der Waals surface area contributed by atoms with E-state index in [9.17, 15) is 8.42 Å². The van der Waals surface area contributed by atoms with Crippen LogP contribution in [0.4, 0.5) is 0 Å². The van der Waals surface area contributed by atoms with E-state index in [0.29, 0.717) is 17.4 Å². The van der Waals surface area contributed by atoms with Gasteiger partial charge in [-0.15, -0.1) is 0 Å². The van der Waals surface area contributed by atoms with Crippen LogP contribution in [-0.4, -0.2) is 18.0 Å². The molecule has 0 radical (unpaired) electrons. The van der Waals surface area contributed by atoms with Gasteiger partial charge in [0.2, 0.25) is 10.0 Å². The summed E-state index contributed by atoms with van der Waals surface area (Å²) in [5, 5.41) is 5.48. The summed E-state index contributed by atoms with van der Waals surface area (Å²) in [5.74, 6) is 2.25. The van der Waals surface area contributed by atoms with Crippen molar-refractivity contribution in [1.29, 1.82) is 0 Å². The van der Waals surface area contributed by atoms with Crippen molar-refractivity contribution in [2.24, 2.45) is 11.1 Å². The van der Waals surface area contributed by atoms with Crippen molar-refractivity contribution in [1.82, 2.24) is 9.55 Å². The molecule has 0 saturated heterocycles. The molecular weight excluding hydrogens is 382 g/mol. The lowest BCUT2D eigenvalue weighted by molar-refractivity contribution is 0.598. The quantitative estimate of drug-likeness (QED) is 0.631. The lowest BCUT2D eigenvalue weighted by Gasteiger charge is -2.13. The molecule has 0 atom stereocenters. The molecule has 29 heavy (non-hydrogen) atoms. The number of rotatable bonds is 7. The van der Waals surface area contributed by atoms with Crippen molar-refractivity contribution in [2.75, 3.05) is 0 Å². The molecule has 1 saturated carbocycles. The van der Waals surface area contributed by atoms with E-state index < -0.39 is 10.0 Å². The summed E-state index contributed by atoms with van der Waals surface area (Å²) < 4.78 is 26.4. The number of benzene rings is 2. The zero-order chi connectivity index (χ0) is 20.6. The number of hydrogen-bond acceptors (Lipinski definition) is 3. The van der Waals surface area contributed by atoms with Gasteiger partial charge in [-0.2, -0.15) is 0 Å².